The third-order valence-electron chi connectivity index (χ3n) is 7.92. The zero-order valence-corrected chi connectivity index (χ0v) is 20.3. The molecule has 2 unspecified atom stereocenters. The summed E-state index contributed by atoms with van der Waals surface area (Å²) in [6, 6.07) is 19.9. The number of nitrogens with zero attached hydrogens (tertiary/aromatic N) is 2. The van der Waals surface area contributed by atoms with Crippen molar-refractivity contribution in [3.8, 4) is 11.3 Å². The molecule has 2 saturated carbocycles. The Kier molecular flexibility index (Phi) is 6.19. The van der Waals surface area contributed by atoms with Crippen molar-refractivity contribution in [2.24, 2.45) is 17.8 Å². The highest BCUT2D eigenvalue weighted by Crippen LogP contribution is 2.51. The first kappa shape index (κ1) is 22.1. The Balaban J connectivity index is 1.49. The lowest BCUT2D eigenvalue weighted by atomic mass is 9.78. The highest BCUT2D eigenvalue weighted by atomic mass is 14.9. The van der Waals surface area contributed by atoms with Crippen molar-refractivity contribution in [2.75, 3.05) is 0 Å². The van der Waals surface area contributed by atoms with Gasteiger partial charge in [-0.15, -0.1) is 0 Å². The van der Waals surface area contributed by atoms with Gasteiger partial charge >= 0.3 is 0 Å². The maximum Gasteiger partial charge on any atom is 0.132 e. The van der Waals surface area contributed by atoms with Gasteiger partial charge in [-0.25, -0.2) is 9.97 Å². The van der Waals surface area contributed by atoms with Crippen LogP contribution in [-0.2, 0) is 6.42 Å². The lowest BCUT2D eigenvalue weighted by Gasteiger charge is -2.29. The molecule has 2 heteroatoms. The fourth-order valence-corrected chi connectivity index (χ4v) is 5.89. The Labute approximate surface area is 199 Å². The molecule has 1 aromatic heterocycles. The van der Waals surface area contributed by atoms with Crippen molar-refractivity contribution < 1.29 is 0 Å². The quantitative estimate of drug-likeness (QED) is 0.391. The number of fused-ring (bicyclic) bond motifs is 2. The second kappa shape index (κ2) is 9.25. The summed E-state index contributed by atoms with van der Waals surface area (Å²) < 4.78 is 0. The Morgan fingerprint density at radius 1 is 0.909 bits per heavy atom. The van der Waals surface area contributed by atoms with Gasteiger partial charge in [0.25, 0.3) is 0 Å². The summed E-state index contributed by atoms with van der Waals surface area (Å²) >= 11 is 0. The molecule has 170 valence electrons. The smallest absolute Gasteiger partial charge is 0.132 e. The van der Waals surface area contributed by atoms with Gasteiger partial charge in [-0.1, -0.05) is 80.9 Å². The molecule has 2 atom stereocenters. The summed E-state index contributed by atoms with van der Waals surface area (Å²) in [6.45, 7) is 10.8. The maximum atomic E-state index is 5.19. The minimum atomic E-state index is 0.461. The fraction of sp³-hybridized carbons (Fsp3) is 0.419. The fourth-order valence-electron chi connectivity index (χ4n) is 5.89. The van der Waals surface area contributed by atoms with Crippen LogP contribution in [0.15, 0.2) is 61.2 Å². The van der Waals surface area contributed by atoms with E-state index in [-0.39, 0.29) is 0 Å². The lowest BCUT2D eigenvalue weighted by Crippen LogP contribution is -2.21. The van der Waals surface area contributed by atoms with Gasteiger partial charge in [-0.3, -0.25) is 0 Å². The standard InChI is InChI=1S/C31H36N2/c1-20(2)22(4)24-14-10-23(11-15-24)18-28-19-29(25-12-8-21(3)9-13-25)33-31(32-28)30-26-6-5-7-27(30)17-16-26/h8-15,19-20,26-27,30H,4-7,16-18H2,1-3H3. The van der Waals surface area contributed by atoms with Crippen LogP contribution in [0.1, 0.15) is 80.1 Å². The van der Waals surface area contributed by atoms with Crippen LogP contribution in [0.5, 0.6) is 0 Å². The van der Waals surface area contributed by atoms with E-state index in [2.05, 4.69) is 81.9 Å². The number of rotatable bonds is 6. The van der Waals surface area contributed by atoms with Gasteiger partial charge in [-0.2, -0.15) is 0 Å². The average molecular weight is 437 g/mol. The Morgan fingerprint density at radius 3 is 2.21 bits per heavy atom. The summed E-state index contributed by atoms with van der Waals surface area (Å²) in [4.78, 5) is 10.4. The first-order valence-corrected chi connectivity index (χ1v) is 12.7. The molecule has 0 aliphatic heterocycles. The van der Waals surface area contributed by atoms with Crippen molar-refractivity contribution >= 4 is 5.57 Å². The molecular weight excluding hydrogens is 400 g/mol. The summed E-state index contributed by atoms with van der Waals surface area (Å²) in [5.41, 5.74) is 8.40. The highest BCUT2D eigenvalue weighted by molar-refractivity contribution is 5.65. The van der Waals surface area contributed by atoms with E-state index < -0.39 is 0 Å². The molecule has 2 aromatic carbocycles. The number of benzene rings is 2. The molecule has 2 fully saturated rings. The van der Waals surface area contributed by atoms with Gasteiger partial charge in [-0.05, 0) is 73.1 Å². The van der Waals surface area contributed by atoms with E-state index in [1.165, 1.54) is 59.9 Å². The zero-order valence-electron chi connectivity index (χ0n) is 20.3. The Morgan fingerprint density at radius 2 is 1.58 bits per heavy atom. The average Bonchev–Trinajstić information content (AvgIpc) is 3.07. The van der Waals surface area contributed by atoms with Crippen LogP contribution in [0, 0.1) is 24.7 Å². The minimum absolute atomic E-state index is 0.461. The van der Waals surface area contributed by atoms with Crippen LogP contribution in [0.3, 0.4) is 0 Å². The summed E-state index contributed by atoms with van der Waals surface area (Å²) in [6.07, 6.45) is 7.61. The lowest BCUT2D eigenvalue weighted by molar-refractivity contribution is 0.292. The minimum Gasteiger partial charge on any atom is -0.237 e. The van der Waals surface area contributed by atoms with Crippen LogP contribution >= 0.6 is 0 Å². The molecule has 0 amide bonds. The molecule has 2 aliphatic carbocycles. The molecule has 0 saturated heterocycles. The molecule has 2 nitrogen and oxygen atoms in total. The van der Waals surface area contributed by atoms with E-state index >= 15 is 0 Å². The number of hydrogen-bond donors (Lipinski definition) is 0. The van der Waals surface area contributed by atoms with Gasteiger partial charge < -0.3 is 0 Å². The van der Waals surface area contributed by atoms with Crippen LogP contribution in [0.4, 0.5) is 0 Å². The number of allylic oxidation sites excluding steroid dienone is 1. The Hall–Kier alpha value is -2.74. The topological polar surface area (TPSA) is 25.8 Å². The van der Waals surface area contributed by atoms with Crippen molar-refractivity contribution in [1.29, 1.82) is 0 Å². The van der Waals surface area contributed by atoms with Gasteiger partial charge in [0.2, 0.25) is 0 Å². The van der Waals surface area contributed by atoms with Crippen LogP contribution in [0.25, 0.3) is 16.8 Å². The molecule has 2 aliphatic rings. The van der Waals surface area contributed by atoms with Gasteiger partial charge in [0.05, 0.1) is 5.69 Å². The summed E-state index contributed by atoms with van der Waals surface area (Å²) in [5, 5.41) is 0. The highest BCUT2D eigenvalue weighted by Gasteiger charge is 2.41. The predicted octanol–water partition coefficient (Wildman–Crippen LogP) is 8.01. The van der Waals surface area contributed by atoms with E-state index in [0.717, 1.165) is 35.5 Å². The molecular formula is C31H36N2. The second-order valence-electron chi connectivity index (χ2n) is 10.6. The number of aryl methyl sites for hydroxylation is 1. The SMILES string of the molecule is C=C(c1ccc(Cc2cc(-c3ccc(C)cc3)nc(C3C4CCCC3CC4)n2)cc1)C(C)C. The molecule has 0 N–H and O–H groups in total. The predicted molar refractivity (Wildman–Crippen MR) is 138 cm³/mol. The van der Waals surface area contributed by atoms with Gasteiger partial charge in [0.15, 0.2) is 0 Å². The normalized spacial score (nSPS) is 22.0. The summed E-state index contributed by atoms with van der Waals surface area (Å²) in [5.74, 6) is 3.64. The van der Waals surface area contributed by atoms with E-state index in [9.17, 15) is 0 Å². The van der Waals surface area contributed by atoms with E-state index in [0.29, 0.717) is 11.8 Å². The van der Waals surface area contributed by atoms with Crippen molar-refractivity contribution in [3.63, 3.8) is 0 Å². The number of hydrogen-bond acceptors (Lipinski definition) is 2. The van der Waals surface area contributed by atoms with Gasteiger partial charge in [0.1, 0.15) is 5.82 Å². The second-order valence-corrected chi connectivity index (χ2v) is 10.6. The van der Waals surface area contributed by atoms with E-state index in [1.54, 1.807) is 0 Å². The molecule has 33 heavy (non-hydrogen) atoms. The van der Waals surface area contributed by atoms with E-state index in [1.807, 2.05) is 0 Å². The first-order chi connectivity index (χ1) is 16.0. The Bertz CT molecular complexity index is 1110. The third-order valence-corrected chi connectivity index (χ3v) is 7.92. The molecule has 2 bridgehead atoms. The van der Waals surface area contributed by atoms with Crippen LogP contribution in [0.2, 0.25) is 0 Å². The molecule has 3 aromatic rings. The number of aromatic nitrogens is 2. The van der Waals surface area contributed by atoms with Gasteiger partial charge in [0, 0.05) is 23.6 Å². The van der Waals surface area contributed by atoms with Crippen LogP contribution in [-0.4, -0.2) is 9.97 Å². The zero-order chi connectivity index (χ0) is 22.9. The maximum absolute atomic E-state index is 5.19. The van der Waals surface area contributed by atoms with Crippen LogP contribution < -0.4 is 0 Å². The summed E-state index contributed by atoms with van der Waals surface area (Å²) in [7, 11) is 0. The third kappa shape index (κ3) is 4.67. The molecule has 1 heterocycles. The molecule has 0 spiro atoms. The van der Waals surface area contributed by atoms with Crippen molar-refractivity contribution in [3.05, 3.63) is 89.4 Å². The van der Waals surface area contributed by atoms with Crippen molar-refractivity contribution in [1.82, 2.24) is 9.97 Å². The molecule has 5 rings (SSSR count). The monoisotopic (exact) mass is 436 g/mol. The van der Waals surface area contributed by atoms with Crippen molar-refractivity contribution in [2.45, 2.75) is 65.2 Å². The molecule has 0 radical (unpaired) electrons. The first-order valence-electron chi connectivity index (χ1n) is 12.7. The largest absolute Gasteiger partial charge is 0.237 e. The van der Waals surface area contributed by atoms with E-state index in [4.69, 9.17) is 9.97 Å².